The molecule has 118 valence electrons. The molecule has 4 nitrogen and oxygen atoms in total. The van der Waals surface area contributed by atoms with E-state index >= 15 is 0 Å². The van der Waals surface area contributed by atoms with Gasteiger partial charge in [-0.15, -0.1) is 0 Å². The summed E-state index contributed by atoms with van der Waals surface area (Å²) in [5.41, 5.74) is 2.70. The summed E-state index contributed by atoms with van der Waals surface area (Å²) < 4.78 is 7.87. The standard InChI is InChI=1S/C18H25N3O/c1-14(7-9-21-10-8-19-15(21)2)20-13-16-5-6-18-17(12-16)4-3-11-22-18/h5-6,8,10,12,14,20H,3-4,7,9,11,13H2,1-2H3/t14-/m1/s1. The van der Waals surface area contributed by atoms with Gasteiger partial charge in [-0.3, -0.25) is 0 Å². The van der Waals surface area contributed by atoms with Crippen molar-refractivity contribution in [3.8, 4) is 5.75 Å². The maximum absolute atomic E-state index is 5.67. The van der Waals surface area contributed by atoms with Crippen LogP contribution in [0.15, 0.2) is 30.6 Å². The fourth-order valence-corrected chi connectivity index (χ4v) is 2.89. The van der Waals surface area contributed by atoms with Gasteiger partial charge < -0.3 is 14.6 Å². The van der Waals surface area contributed by atoms with Gasteiger partial charge in [0.15, 0.2) is 0 Å². The predicted molar refractivity (Wildman–Crippen MR) is 88.1 cm³/mol. The molecule has 0 aliphatic carbocycles. The van der Waals surface area contributed by atoms with Gasteiger partial charge in [0.1, 0.15) is 11.6 Å². The Morgan fingerprint density at radius 3 is 3.14 bits per heavy atom. The molecule has 1 N–H and O–H groups in total. The Kier molecular flexibility index (Phi) is 4.78. The zero-order valence-electron chi connectivity index (χ0n) is 13.5. The molecule has 0 radical (unpaired) electrons. The van der Waals surface area contributed by atoms with E-state index in [0.717, 1.165) is 50.5 Å². The number of nitrogens with zero attached hydrogens (tertiary/aromatic N) is 2. The fraction of sp³-hybridized carbons (Fsp3) is 0.500. The summed E-state index contributed by atoms with van der Waals surface area (Å²) in [7, 11) is 0. The lowest BCUT2D eigenvalue weighted by Crippen LogP contribution is -2.27. The Labute approximate surface area is 132 Å². The molecular formula is C18H25N3O. The Morgan fingerprint density at radius 2 is 2.32 bits per heavy atom. The van der Waals surface area contributed by atoms with Gasteiger partial charge in [-0.2, -0.15) is 0 Å². The van der Waals surface area contributed by atoms with Gasteiger partial charge >= 0.3 is 0 Å². The van der Waals surface area contributed by atoms with Crippen LogP contribution < -0.4 is 10.1 Å². The number of ether oxygens (including phenoxy) is 1. The average molecular weight is 299 g/mol. The number of hydrogen-bond donors (Lipinski definition) is 1. The highest BCUT2D eigenvalue weighted by Crippen LogP contribution is 2.25. The van der Waals surface area contributed by atoms with E-state index in [4.69, 9.17) is 4.74 Å². The zero-order chi connectivity index (χ0) is 15.4. The molecule has 0 saturated carbocycles. The highest BCUT2D eigenvalue weighted by atomic mass is 16.5. The fourth-order valence-electron chi connectivity index (χ4n) is 2.89. The Bertz CT molecular complexity index is 621. The lowest BCUT2D eigenvalue weighted by molar-refractivity contribution is 0.288. The van der Waals surface area contributed by atoms with E-state index in [0.29, 0.717) is 6.04 Å². The van der Waals surface area contributed by atoms with Gasteiger partial charge in [-0.1, -0.05) is 12.1 Å². The molecule has 2 heterocycles. The highest BCUT2D eigenvalue weighted by molar-refractivity contribution is 5.38. The van der Waals surface area contributed by atoms with Crippen LogP contribution in [0, 0.1) is 6.92 Å². The normalized spacial score (nSPS) is 15.2. The van der Waals surface area contributed by atoms with Gasteiger partial charge in [0.2, 0.25) is 0 Å². The molecule has 0 spiro atoms. The van der Waals surface area contributed by atoms with Gasteiger partial charge in [0, 0.05) is 31.5 Å². The van der Waals surface area contributed by atoms with Crippen LogP contribution in [-0.2, 0) is 19.5 Å². The predicted octanol–water partition coefficient (Wildman–Crippen LogP) is 3.08. The molecule has 0 fully saturated rings. The Balaban J connectivity index is 1.48. The quantitative estimate of drug-likeness (QED) is 0.891. The van der Waals surface area contributed by atoms with E-state index in [1.165, 1.54) is 11.1 Å². The third-order valence-electron chi connectivity index (χ3n) is 4.35. The second kappa shape index (κ2) is 6.97. The topological polar surface area (TPSA) is 39.1 Å². The summed E-state index contributed by atoms with van der Waals surface area (Å²) in [6.45, 7) is 7.08. The molecule has 1 aromatic carbocycles. The van der Waals surface area contributed by atoms with Crippen molar-refractivity contribution in [3.63, 3.8) is 0 Å². The van der Waals surface area contributed by atoms with Crippen LogP contribution in [0.2, 0.25) is 0 Å². The maximum Gasteiger partial charge on any atom is 0.122 e. The van der Waals surface area contributed by atoms with E-state index < -0.39 is 0 Å². The first kappa shape index (κ1) is 15.1. The number of benzene rings is 1. The second-order valence-electron chi connectivity index (χ2n) is 6.13. The molecule has 0 unspecified atom stereocenters. The maximum atomic E-state index is 5.67. The summed E-state index contributed by atoms with van der Waals surface area (Å²) in [6.07, 6.45) is 7.28. The third kappa shape index (κ3) is 3.69. The smallest absolute Gasteiger partial charge is 0.122 e. The van der Waals surface area contributed by atoms with Crippen LogP contribution in [0.25, 0.3) is 0 Å². The van der Waals surface area contributed by atoms with Gasteiger partial charge in [-0.05, 0) is 50.3 Å². The Hall–Kier alpha value is -1.81. The van der Waals surface area contributed by atoms with Crippen molar-refractivity contribution in [2.75, 3.05) is 6.61 Å². The largest absolute Gasteiger partial charge is 0.493 e. The molecule has 1 atom stereocenters. The van der Waals surface area contributed by atoms with Crippen LogP contribution >= 0.6 is 0 Å². The minimum atomic E-state index is 0.481. The van der Waals surface area contributed by atoms with Crippen LogP contribution in [0.4, 0.5) is 0 Å². The van der Waals surface area contributed by atoms with Gasteiger partial charge in [0.05, 0.1) is 6.61 Å². The second-order valence-corrected chi connectivity index (χ2v) is 6.13. The van der Waals surface area contributed by atoms with Crippen molar-refractivity contribution >= 4 is 0 Å². The van der Waals surface area contributed by atoms with E-state index in [1.807, 2.05) is 19.3 Å². The molecule has 0 amide bonds. The van der Waals surface area contributed by atoms with E-state index in [2.05, 4.69) is 40.0 Å². The molecule has 1 aliphatic heterocycles. The molecular weight excluding hydrogens is 274 g/mol. The number of imidazole rings is 1. The number of aromatic nitrogens is 2. The molecule has 2 aromatic rings. The van der Waals surface area contributed by atoms with Gasteiger partial charge in [0.25, 0.3) is 0 Å². The minimum absolute atomic E-state index is 0.481. The van der Waals surface area contributed by atoms with Crippen LogP contribution in [0.3, 0.4) is 0 Å². The van der Waals surface area contributed by atoms with Crippen molar-refractivity contribution in [1.82, 2.24) is 14.9 Å². The molecule has 1 aliphatic rings. The van der Waals surface area contributed by atoms with Crippen molar-refractivity contribution in [2.45, 2.75) is 52.2 Å². The summed E-state index contributed by atoms with van der Waals surface area (Å²) in [4.78, 5) is 4.26. The molecule has 1 aromatic heterocycles. The Morgan fingerprint density at radius 1 is 1.41 bits per heavy atom. The van der Waals surface area contributed by atoms with Crippen LogP contribution in [0.5, 0.6) is 5.75 Å². The molecule has 22 heavy (non-hydrogen) atoms. The summed E-state index contributed by atoms with van der Waals surface area (Å²) >= 11 is 0. The minimum Gasteiger partial charge on any atom is -0.493 e. The van der Waals surface area contributed by atoms with Crippen molar-refractivity contribution in [2.24, 2.45) is 0 Å². The van der Waals surface area contributed by atoms with Crippen molar-refractivity contribution in [1.29, 1.82) is 0 Å². The lowest BCUT2D eigenvalue weighted by atomic mass is 10.0. The summed E-state index contributed by atoms with van der Waals surface area (Å²) in [6, 6.07) is 7.05. The van der Waals surface area contributed by atoms with Crippen LogP contribution in [0.1, 0.15) is 36.7 Å². The first-order valence-corrected chi connectivity index (χ1v) is 8.18. The SMILES string of the molecule is Cc1nccn1CC[C@@H](C)NCc1ccc2c(c1)CCCO2. The first-order valence-electron chi connectivity index (χ1n) is 8.18. The number of hydrogen-bond acceptors (Lipinski definition) is 3. The first-order chi connectivity index (χ1) is 10.7. The van der Waals surface area contributed by atoms with Crippen molar-refractivity contribution in [3.05, 3.63) is 47.5 Å². The van der Waals surface area contributed by atoms with Gasteiger partial charge in [-0.25, -0.2) is 4.98 Å². The molecule has 3 rings (SSSR count). The summed E-state index contributed by atoms with van der Waals surface area (Å²) in [5, 5.41) is 3.61. The average Bonchev–Trinajstić information content (AvgIpc) is 2.96. The number of rotatable bonds is 6. The zero-order valence-corrected chi connectivity index (χ0v) is 13.5. The van der Waals surface area contributed by atoms with Crippen molar-refractivity contribution < 1.29 is 4.74 Å². The van der Waals surface area contributed by atoms with E-state index in [-0.39, 0.29) is 0 Å². The third-order valence-corrected chi connectivity index (χ3v) is 4.35. The highest BCUT2D eigenvalue weighted by Gasteiger charge is 2.11. The lowest BCUT2D eigenvalue weighted by Gasteiger charge is -2.19. The summed E-state index contributed by atoms with van der Waals surface area (Å²) in [5.74, 6) is 2.15. The number of aryl methyl sites for hydroxylation is 3. The molecule has 4 heteroatoms. The molecule has 0 saturated heterocycles. The molecule has 0 bridgehead atoms. The van der Waals surface area contributed by atoms with E-state index in [9.17, 15) is 0 Å². The number of nitrogens with one attached hydrogen (secondary N) is 1. The monoisotopic (exact) mass is 299 g/mol. The number of fused-ring (bicyclic) bond motifs is 1. The van der Waals surface area contributed by atoms with E-state index in [1.54, 1.807) is 0 Å². The van der Waals surface area contributed by atoms with Crippen LogP contribution in [-0.4, -0.2) is 22.2 Å².